The van der Waals surface area contributed by atoms with Gasteiger partial charge >= 0.3 is 10.1 Å². The van der Waals surface area contributed by atoms with Gasteiger partial charge in [0.25, 0.3) is 0 Å². The van der Waals surface area contributed by atoms with Crippen molar-refractivity contribution in [1.29, 1.82) is 0 Å². The predicted molar refractivity (Wildman–Crippen MR) is 99.7 cm³/mol. The number of thiophene rings is 1. The fourth-order valence-corrected chi connectivity index (χ4v) is 5.38. The number of hydrogen-bond acceptors (Lipinski definition) is 6. The van der Waals surface area contributed by atoms with Crippen molar-refractivity contribution in [3.8, 4) is 5.75 Å². The number of rotatable bonds is 4. The molecule has 1 aliphatic heterocycles. The Morgan fingerprint density at radius 2 is 2.00 bits per heavy atom. The van der Waals surface area contributed by atoms with Gasteiger partial charge in [0.15, 0.2) is 4.21 Å². The molecule has 1 amide bonds. The molecule has 8 heteroatoms. The molecule has 4 rings (SSSR count). The van der Waals surface area contributed by atoms with E-state index in [1.165, 1.54) is 11.3 Å². The van der Waals surface area contributed by atoms with Gasteiger partial charge in [0.1, 0.15) is 11.8 Å². The minimum atomic E-state index is -3.92. The van der Waals surface area contributed by atoms with E-state index in [2.05, 4.69) is 5.32 Å². The molecule has 2 aromatic carbocycles. The first kappa shape index (κ1) is 17.0. The van der Waals surface area contributed by atoms with Crippen molar-refractivity contribution in [3.05, 3.63) is 59.7 Å². The highest BCUT2D eigenvalue weighted by Crippen LogP contribution is 2.32. The van der Waals surface area contributed by atoms with E-state index in [0.717, 1.165) is 21.2 Å². The Labute approximate surface area is 154 Å². The molecule has 0 aliphatic carbocycles. The molecule has 0 bridgehead atoms. The summed E-state index contributed by atoms with van der Waals surface area (Å²) in [5, 5.41) is 3.91. The van der Waals surface area contributed by atoms with E-state index in [4.69, 9.17) is 9.92 Å². The van der Waals surface area contributed by atoms with Crippen LogP contribution in [0.25, 0.3) is 10.1 Å². The number of amides is 1. The zero-order valence-corrected chi connectivity index (χ0v) is 15.3. The van der Waals surface area contributed by atoms with E-state index in [1.54, 1.807) is 24.3 Å². The van der Waals surface area contributed by atoms with Gasteiger partial charge in [-0.25, -0.2) is 0 Å². The van der Waals surface area contributed by atoms with Crippen LogP contribution in [0.4, 0.5) is 0 Å². The first-order valence-corrected chi connectivity index (χ1v) is 10.2. The van der Waals surface area contributed by atoms with Crippen molar-refractivity contribution in [3.63, 3.8) is 0 Å². The van der Waals surface area contributed by atoms with Gasteiger partial charge in [-0.05, 0) is 47.2 Å². The number of fused-ring (bicyclic) bond motifs is 2. The van der Waals surface area contributed by atoms with E-state index in [0.29, 0.717) is 13.0 Å². The zero-order valence-electron chi connectivity index (χ0n) is 13.6. The number of benzene rings is 2. The van der Waals surface area contributed by atoms with E-state index < -0.39 is 22.1 Å². The highest BCUT2D eigenvalue weighted by molar-refractivity contribution is 7.89. The molecule has 3 N–H and O–H groups in total. The number of nitrogens with two attached hydrogens (primary N) is 1. The lowest BCUT2D eigenvalue weighted by molar-refractivity contribution is -0.120. The molecule has 3 aromatic rings. The number of nitrogens with one attached hydrogen (secondary N) is 1. The molecule has 26 heavy (non-hydrogen) atoms. The average Bonchev–Trinajstić information content (AvgIpc) is 3.06. The normalized spacial score (nSPS) is 17.0. The molecule has 1 atom stereocenters. The maximum Gasteiger partial charge on any atom is 0.348 e. The average molecular weight is 388 g/mol. The van der Waals surface area contributed by atoms with Gasteiger partial charge < -0.3 is 15.2 Å². The van der Waals surface area contributed by atoms with Gasteiger partial charge in [0, 0.05) is 11.2 Å². The SMILES string of the molecule is NC(=O)C1NCCc2cc(OS(=O)(=O)c3cc4ccccc4s3)ccc21. The number of carbonyl (C=O) groups is 1. The van der Waals surface area contributed by atoms with Crippen LogP contribution < -0.4 is 15.2 Å². The van der Waals surface area contributed by atoms with Gasteiger partial charge in [0.05, 0.1) is 0 Å². The molecule has 0 spiro atoms. The second-order valence-corrected chi connectivity index (χ2v) is 8.90. The minimum absolute atomic E-state index is 0.160. The van der Waals surface area contributed by atoms with Gasteiger partial charge in [-0.15, -0.1) is 11.3 Å². The standard InChI is InChI=1S/C18H16N2O4S2/c19-18(21)17-14-6-5-13(9-11(14)7-8-20-17)24-26(22,23)16-10-12-3-1-2-4-15(12)25-16/h1-6,9-10,17,20H,7-8H2,(H2,19,21). The third kappa shape index (κ3) is 3.07. The largest absolute Gasteiger partial charge is 0.378 e. The molecule has 1 aromatic heterocycles. The lowest BCUT2D eigenvalue weighted by Gasteiger charge is -2.24. The third-order valence-electron chi connectivity index (χ3n) is 4.31. The summed E-state index contributed by atoms with van der Waals surface area (Å²) in [6.45, 7) is 0.590. The summed E-state index contributed by atoms with van der Waals surface area (Å²) in [5.41, 5.74) is 7.03. The fraction of sp³-hybridized carbons (Fsp3) is 0.167. The van der Waals surface area contributed by atoms with Crippen molar-refractivity contribution in [2.75, 3.05) is 6.54 Å². The second-order valence-electron chi connectivity index (χ2n) is 6.04. The molecule has 0 saturated carbocycles. The van der Waals surface area contributed by atoms with E-state index >= 15 is 0 Å². The Balaban J connectivity index is 1.65. The molecule has 2 heterocycles. The molecule has 0 saturated heterocycles. The fourth-order valence-electron chi connectivity index (χ4n) is 3.10. The first-order valence-electron chi connectivity index (χ1n) is 8.03. The highest BCUT2D eigenvalue weighted by atomic mass is 32.3. The molecule has 6 nitrogen and oxygen atoms in total. The Bertz CT molecular complexity index is 1070. The monoisotopic (exact) mass is 388 g/mol. The van der Waals surface area contributed by atoms with Crippen molar-refractivity contribution in [1.82, 2.24) is 5.32 Å². The summed E-state index contributed by atoms with van der Waals surface area (Å²) in [6, 6.07) is 13.4. The quantitative estimate of drug-likeness (QED) is 0.669. The molecule has 1 unspecified atom stereocenters. The van der Waals surface area contributed by atoms with Gasteiger partial charge in [-0.3, -0.25) is 4.79 Å². The van der Waals surface area contributed by atoms with Crippen LogP contribution in [0.5, 0.6) is 5.75 Å². The van der Waals surface area contributed by atoms with Crippen LogP contribution in [0.15, 0.2) is 52.7 Å². The lowest BCUT2D eigenvalue weighted by atomic mass is 9.94. The molecule has 0 radical (unpaired) electrons. The Morgan fingerprint density at radius 3 is 2.77 bits per heavy atom. The van der Waals surface area contributed by atoms with Crippen molar-refractivity contribution < 1.29 is 17.4 Å². The second kappa shape index (κ2) is 6.39. The summed E-state index contributed by atoms with van der Waals surface area (Å²) < 4.78 is 31.6. The van der Waals surface area contributed by atoms with Crippen LogP contribution in [0, 0.1) is 0 Å². The highest BCUT2D eigenvalue weighted by Gasteiger charge is 2.26. The molecular weight excluding hydrogens is 372 g/mol. The Kier molecular flexibility index (Phi) is 4.18. The van der Waals surface area contributed by atoms with Crippen LogP contribution in [0.2, 0.25) is 0 Å². The Hall–Kier alpha value is -2.42. The number of carbonyl (C=O) groups excluding carboxylic acids is 1. The first-order chi connectivity index (χ1) is 12.4. The predicted octanol–water partition coefficient (Wildman–Crippen LogP) is 2.34. The third-order valence-corrected chi connectivity index (χ3v) is 7.10. The molecular formula is C18H16N2O4S2. The summed E-state index contributed by atoms with van der Waals surface area (Å²) in [6.07, 6.45) is 0.666. The maximum atomic E-state index is 12.6. The van der Waals surface area contributed by atoms with E-state index in [1.807, 2.05) is 24.3 Å². The van der Waals surface area contributed by atoms with Gasteiger partial charge in [-0.1, -0.05) is 24.3 Å². The summed E-state index contributed by atoms with van der Waals surface area (Å²) in [5.74, 6) is -0.233. The van der Waals surface area contributed by atoms with Crippen LogP contribution in [0.3, 0.4) is 0 Å². The van der Waals surface area contributed by atoms with Crippen LogP contribution in [-0.4, -0.2) is 20.9 Å². The summed E-state index contributed by atoms with van der Waals surface area (Å²) >= 11 is 1.17. The van der Waals surface area contributed by atoms with Gasteiger partial charge in [-0.2, -0.15) is 8.42 Å². The zero-order chi connectivity index (χ0) is 18.3. The van der Waals surface area contributed by atoms with E-state index in [-0.39, 0.29) is 9.96 Å². The number of primary amides is 1. The topological polar surface area (TPSA) is 98.5 Å². The van der Waals surface area contributed by atoms with Crippen LogP contribution in [-0.2, 0) is 21.3 Å². The molecule has 134 valence electrons. The molecule has 1 aliphatic rings. The van der Waals surface area contributed by atoms with Gasteiger partial charge in [0.2, 0.25) is 5.91 Å². The number of hydrogen-bond donors (Lipinski definition) is 2. The van der Waals surface area contributed by atoms with E-state index in [9.17, 15) is 13.2 Å². The van der Waals surface area contributed by atoms with Crippen LogP contribution in [0.1, 0.15) is 17.2 Å². The Morgan fingerprint density at radius 1 is 1.19 bits per heavy atom. The maximum absolute atomic E-state index is 12.6. The van der Waals surface area contributed by atoms with Crippen molar-refractivity contribution >= 4 is 37.4 Å². The summed E-state index contributed by atoms with van der Waals surface area (Å²) in [4.78, 5) is 11.5. The van der Waals surface area contributed by atoms with Crippen molar-refractivity contribution in [2.24, 2.45) is 5.73 Å². The molecule has 0 fully saturated rings. The van der Waals surface area contributed by atoms with Crippen molar-refractivity contribution in [2.45, 2.75) is 16.7 Å². The van der Waals surface area contributed by atoms with Crippen LogP contribution >= 0.6 is 11.3 Å². The smallest absolute Gasteiger partial charge is 0.348 e. The summed E-state index contributed by atoms with van der Waals surface area (Å²) in [7, 11) is -3.92. The lowest BCUT2D eigenvalue weighted by Crippen LogP contribution is -2.38. The minimum Gasteiger partial charge on any atom is -0.378 e.